The smallest absolute Gasteiger partial charge is 0.410 e. The van der Waals surface area contributed by atoms with Crippen molar-refractivity contribution in [2.45, 2.75) is 57.9 Å². The van der Waals surface area contributed by atoms with Gasteiger partial charge in [-0.25, -0.2) is 14.0 Å². The van der Waals surface area contributed by atoms with Gasteiger partial charge in [0.15, 0.2) is 0 Å². The average Bonchev–Trinajstić information content (AvgIpc) is 2.72. The summed E-state index contributed by atoms with van der Waals surface area (Å²) in [7, 11) is 0. The van der Waals surface area contributed by atoms with Gasteiger partial charge in [-0.1, -0.05) is 42.5 Å². The molecule has 0 bridgehead atoms. The van der Waals surface area contributed by atoms with Crippen molar-refractivity contribution in [2.24, 2.45) is 0 Å². The van der Waals surface area contributed by atoms with Crippen molar-refractivity contribution in [3.05, 3.63) is 71.5 Å². The van der Waals surface area contributed by atoms with Crippen LogP contribution in [0.4, 0.5) is 14.0 Å². The van der Waals surface area contributed by atoms with Gasteiger partial charge in [-0.05, 0) is 56.9 Å². The van der Waals surface area contributed by atoms with Crippen molar-refractivity contribution in [2.75, 3.05) is 6.54 Å². The highest BCUT2D eigenvalue weighted by Gasteiger charge is 2.38. The minimum absolute atomic E-state index is 0.149. The first kappa shape index (κ1) is 22.6. The SMILES string of the molecule is CC(C)(C)OC(=O)N1CCCC(NC(=O)OCc2ccccc2)C1c1ccc(F)cc1. The lowest BCUT2D eigenvalue weighted by Gasteiger charge is -2.42. The van der Waals surface area contributed by atoms with E-state index in [-0.39, 0.29) is 12.4 Å². The molecule has 0 aromatic heterocycles. The van der Waals surface area contributed by atoms with Crippen LogP contribution in [0.1, 0.15) is 50.8 Å². The largest absolute Gasteiger partial charge is 0.445 e. The Labute approximate surface area is 182 Å². The maximum atomic E-state index is 13.5. The van der Waals surface area contributed by atoms with E-state index in [0.29, 0.717) is 19.4 Å². The molecule has 2 atom stereocenters. The lowest BCUT2D eigenvalue weighted by Crippen LogP contribution is -2.52. The summed E-state index contributed by atoms with van der Waals surface area (Å²) < 4.78 is 24.5. The van der Waals surface area contributed by atoms with Crippen LogP contribution in [-0.2, 0) is 16.1 Å². The van der Waals surface area contributed by atoms with Crippen molar-refractivity contribution < 1.29 is 23.5 Å². The number of halogens is 1. The number of benzene rings is 2. The number of rotatable bonds is 4. The van der Waals surface area contributed by atoms with Gasteiger partial charge >= 0.3 is 12.2 Å². The van der Waals surface area contributed by atoms with Gasteiger partial charge in [-0.3, -0.25) is 4.90 Å². The van der Waals surface area contributed by atoms with Crippen LogP contribution < -0.4 is 5.32 Å². The molecule has 3 rings (SSSR count). The van der Waals surface area contributed by atoms with Gasteiger partial charge in [0.05, 0.1) is 12.1 Å². The Morgan fingerprint density at radius 3 is 2.42 bits per heavy atom. The van der Waals surface area contributed by atoms with Crippen LogP contribution in [0.5, 0.6) is 0 Å². The van der Waals surface area contributed by atoms with Gasteiger partial charge in [0.1, 0.15) is 18.0 Å². The van der Waals surface area contributed by atoms with Crippen LogP contribution in [0, 0.1) is 5.82 Å². The molecule has 1 saturated heterocycles. The number of nitrogens with zero attached hydrogens (tertiary/aromatic N) is 1. The van der Waals surface area contributed by atoms with E-state index >= 15 is 0 Å². The molecule has 2 amide bonds. The summed E-state index contributed by atoms with van der Waals surface area (Å²) in [5.41, 5.74) is 0.950. The summed E-state index contributed by atoms with van der Waals surface area (Å²) in [4.78, 5) is 27.0. The number of hydrogen-bond acceptors (Lipinski definition) is 4. The molecule has 2 aromatic carbocycles. The minimum atomic E-state index is -0.653. The van der Waals surface area contributed by atoms with E-state index in [0.717, 1.165) is 11.1 Å². The highest BCUT2D eigenvalue weighted by atomic mass is 19.1. The molecule has 166 valence electrons. The topological polar surface area (TPSA) is 67.9 Å². The third kappa shape index (κ3) is 6.44. The Morgan fingerprint density at radius 2 is 1.77 bits per heavy atom. The first-order chi connectivity index (χ1) is 14.7. The molecule has 7 heteroatoms. The summed E-state index contributed by atoms with van der Waals surface area (Å²) in [5, 5.41) is 2.90. The minimum Gasteiger partial charge on any atom is -0.445 e. The molecule has 0 saturated carbocycles. The van der Waals surface area contributed by atoms with Crippen LogP contribution in [0.2, 0.25) is 0 Å². The first-order valence-corrected chi connectivity index (χ1v) is 10.5. The first-order valence-electron chi connectivity index (χ1n) is 10.5. The number of nitrogens with one attached hydrogen (secondary N) is 1. The Kier molecular flexibility index (Phi) is 7.15. The summed E-state index contributed by atoms with van der Waals surface area (Å²) in [6.45, 7) is 6.04. The van der Waals surface area contributed by atoms with Crippen LogP contribution in [-0.4, -0.2) is 35.3 Å². The third-order valence-electron chi connectivity index (χ3n) is 4.99. The van der Waals surface area contributed by atoms with E-state index in [2.05, 4.69) is 5.32 Å². The van der Waals surface area contributed by atoms with E-state index in [1.807, 2.05) is 30.3 Å². The van der Waals surface area contributed by atoms with E-state index < -0.39 is 29.9 Å². The molecule has 2 unspecified atom stereocenters. The molecule has 0 aliphatic carbocycles. The molecule has 1 fully saturated rings. The molecule has 1 heterocycles. The van der Waals surface area contributed by atoms with Crippen LogP contribution in [0.15, 0.2) is 54.6 Å². The van der Waals surface area contributed by atoms with Gasteiger partial charge in [0, 0.05) is 6.54 Å². The lowest BCUT2D eigenvalue weighted by atomic mass is 9.90. The normalized spacial score (nSPS) is 18.9. The Morgan fingerprint density at radius 1 is 1.10 bits per heavy atom. The molecule has 0 spiro atoms. The molecule has 31 heavy (non-hydrogen) atoms. The molecular weight excluding hydrogens is 399 g/mol. The number of likely N-dealkylation sites (tertiary alicyclic amines) is 1. The number of alkyl carbamates (subject to hydrolysis) is 1. The number of piperidine rings is 1. The second-order valence-corrected chi connectivity index (χ2v) is 8.62. The second kappa shape index (κ2) is 9.81. The predicted octanol–water partition coefficient (Wildman–Crippen LogP) is 5.19. The van der Waals surface area contributed by atoms with Crippen molar-refractivity contribution in [1.82, 2.24) is 10.2 Å². The van der Waals surface area contributed by atoms with E-state index in [1.165, 1.54) is 12.1 Å². The summed E-state index contributed by atoms with van der Waals surface area (Å²) in [6.07, 6.45) is 0.320. The standard InChI is InChI=1S/C24H29FN2O4/c1-24(2,3)31-23(29)27-15-7-10-20(21(27)18-11-13-19(25)14-12-18)26-22(28)30-16-17-8-5-4-6-9-17/h4-6,8-9,11-14,20-21H,7,10,15-16H2,1-3H3,(H,26,28). The number of carbonyl (C=O) groups excluding carboxylic acids is 2. The fraction of sp³-hybridized carbons (Fsp3) is 0.417. The second-order valence-electron chi connectivity index (χ2n) is 8.62. The highest BCUT2D eigenvalue weighted by molar-refractivity contribution is 5.70. The van der Waals surface area contributed by atoms with E-state index in [9.17, 15) is 14.0 Å². The number of amides is 2. The van der Waals surface area contributed by atoms with Gasteiger partial charge in [-0.15, -0.1) is 0 Å². The molecule has 2 aromatic rings. The van der Waals surface area contributed by atoms with E-state index in [1.54, 1.807) is 37.8 Å². The van der Waals surface area contributed by atoms with Crippen LogP contribution >= 0.6 is 0 Å². The molecular formula is C24H29FN2O4. The van der Waals surface area contributed by atoms with Gasteiger partial charge < -0.3 is 14.8 Å². The highest BCUT2D eigenvalue weighted by Crippen LogP contribution is 2.33. The lowest BCUT2D eigenvalue weighted by molar-refractivity contribution is 0.00351. The van der Waals surface area contributed by atoms with Crippen molar-refractivity contribution >= 4 is 12.2 Å². The average molecular weight is 429 g/mol. The molecule has 1 aliphatic rings. The Bertz CT molecular complexity index is 881. The van der Waals surface area contributed by atoms with Gasteiger partial charge in [-0.2, -0.15) is 0 Å². The maximum absolute atomic E-state index is 13.5. The van der Waals surface area contributed by atoms with Gasteiger partial charge in [0.2, 0.25) is 0 Å². The summed E-state index contributed by atoms with van der Waals surface area (Å²) in [6, 6.07) is 14.5. The van der Waals surface area contributed by atoms with Crippen LogP contribution in [0.25, 0.3) is 0 Å². The van der Waals surface area contributed by atoms with Crippen molar-refractivity contribution in [3.8, 4) is 0 Å². The van der Waals surface area contributed by atoms with Crippen LogP contribution in [0.3, 0.4) is 0 Å². The number of carbonyl (C=O) groups is 2. The third-order valence-corrected chi connectivity index (χ3v) is 4.99. The number of ether oxygens (including phenoxy) is 2. The summed E-state index contributed by atoms with van der Waals surface area (Å²) in [5.74, 6) is -0.366. The summed E-state index contributed by atoms with van der Waals surface area (Å²) >= 11 is 0. The molecule has 6 nitrogen and oxygen atoms in total. The predicted molar refractivity (Wildman–Crippen MR) is 115 cm³/mol. The Balaban J connectivity index is 1.76. The molecule has 0 radical (unpaired) electrons. The van der Waals surface area contributed by atoms with Crippen molar-refractivity contribution in [1.29, 1.82) is 0 Å². The Hall–Kier alpha value is -3.09. The number of hydrogen-bond donors (Lipinski definition) is 1. The van der Waals surface area contributed by atoms with Gasteiger partial charge in [0.25, 0.3) is 0 Å². The zero-order valence-electron chi connectivity index (χ0n) is 18.1. The van der Waals surface area contributed by atoms with E-state index in [4.69, 9.17) is 9.47 Å². The zero-order valence-corrected chi connectivity index (χ0v) is 18.1. The maximum Gasteiger partial charge on any atom is 0.410 e. The fourth-order valence-corrected chi connectivity index (χ4v) is 3.66. The molecule has 1 N–H and O–H groups in total. The molecule has 1 aliphatic heterocycles. The monoisotopic (exact) mass is 428 g/mol. The fourth-order valence-electron chi connectivity index (χ4n) is 3.66. The zero-order chi connectivity index (χ0) is 22.4. The quantitative estimate of drug-likeness (QED) is 0.727. The van der Waals surface area contributed by atoms with Crippen molar-refractivity contribution in [3.63, 3.8) is 0 Å².